The van der Waals surface area contributed by atoms with Crippen molar-refractivity contribution in [3.8, 4) is 5.75 Å². The highest BCUT2D eigenvalue weighted by atomic mass is 16.5. The van der Waals surface area contributed by atoms with Crippen LogP contribution >= 0.6 is 0 Å². The minimum absolute atomic E-state index is 0.163. The number of hydrogen-bond acceptors (Lipinski definition) is 5. The molecule has 0 fully saturated rings. The summed E-state index contributed by atoms with van der Waals surface area (Å²) in [5.74, 6) is -0.303. The first-order valence-corrected chi connectivity index (χ1v) is 9.39. The fraction of sp³-hybridized carbons (Fsp3) is 0.333. The second-order valence-corrected chi connectivity index (χ2v) is 7.33. The third-order valence-corrected chi connectivity index (χ3v) is 4.37. The number of hydrazine groups is 1. The zero-order valence-electron chi connectivity index (χ0n) is 17.2. The molecule has 2 N–H and O–H groups in total. The van der Waals surface area contributed by atoms with Crippen LogP contribution in [0.15, 0.2) is 30.5 Å². The van der Waals surface area contributed by atoms with Crippen LogP contribution in [-0.4, -0.2) is 33.2 Å². The van der Waals surface area contributed by atoms with Crippen molar-refractivity contribution in [3.05, 3.63) is 52.8 Å². The van der Waals surface area contributed by atoms with E-state index in [0.29, 0.717) is 17.0 Å². The van der Waals surface area contributed by atoms with Crippen molar-refractivity contribution < 1.29 is 14.3 Å². The van der Waals surface area contributed by atoms with E-state index in [1.165, 1.54) is 0 Å². The minimum atomic E-state index is -0.461. The number of amides is 2. The molecule has 152 valence electrons. The largest absolute Gasteiger partial charge is 0.484 e. The lowest BCUT2D eigenvalue weighted by atomic mass is 10.1. The molecule has 0 atom stereocenters. The molecule has 2 aromatic heterocycles. The molecule has 8 nitrogen and oxygen atoms in total. The number of aromatic nitrogens is 3. The Morgan fingerprint density at radius 2 is 1.76 bits per heavy atom. The molecule has 3 aromatic rings. The van der Waals surface area contributed by atoms with E-state index >= 15 is 0 Å². The first kappa shape index (κ1) is 20.3. The van der Waals surface area contributed by atoms with Gasteiger partial charge in [0.15, 0.2) is 12.3 Å². The summed E-state index contributed by atoms with van der Waals surface area (Å²) in [6.07, 6.45) is 1.68. The molecule has 29 heavy (non-hydrogen) atoms. The highest BCUT2D eigenvalue weighted by Gasteiger charge is 2.16. The number of ether oxygens (including phenoxy) is 1. The van der Waals surface area contributed by atoms with E-state index in [9.17, 15) is 9.59 Å². The van der Waals surface area contributed by atoms with Crippen molar-refractivity contribution in [2.75, 3.05) is 6.61 Å². The zero-order chi connectivity index (χ0) is 21.1. The van der Waals surface area contributed by atoms with Crippen LogP contribution in [0.4, 0.5) is 0 Å². The van der Waals surface area contributed by atoms with Crippen LogP contribution in [0.2, 0.25) is 0 Å². The number of nitrogens with zero attached hydrogens (tertiary/aromatic N) is 3. The summed E-state index contributed by atoms with van der Waals surface area (Å²) < 4.78 is 7.29. The molecular formula is C21H25N5O3. The third-order valence-electron chi connectivity index (χ3n) is 4.37. The van der Waals surface area contributed by atoms with E-state index < -0.39 is 11.8 Å². The SMILES string of the molecule is Cc1cc(C)cc(OCC(=O)NNC(=O)c2cc3cnn(C(C)C)c3nc2C)c1. The van der Waals surface area contributed by atoms with E-state index in [4.69, 9.17) is 4.74 Å². The first-order valence-electron chi connectivity index (χ1n) is 9.39. The van der Waals surface area contributed by atoms with Gasteiger partial charge in [0.1, 0.15) is 5.75 Å². The van der Waals surface area contributed by atoms with Crippen LogP contribution in [0.3, 0.4) is 0 Å². The fourth-order valence-electron chi connectivity index (χ4n) is 3.07. The van der Waals surface area contributed by atoms with E-state index in [1.54, 1.807) is 23.9 Å². The number of pyridine rings is 1. The van der Waals surface area contributed by atoms with Crippen molar-refractivity contribution in [1.82, 2.24) is 25.6 Å². The molecule has 0 saturated heterocycles. The van der Waals surface area contributed by atoms with Crippen LogP contribution in [0, 0.1) is 20.8 Å². The monoisotopic (exact) mass is 395 g/mol. The number of benzene rings is 1. The highest BCUT2D eigenvalue weighted by Crippen LogP contribution is 2.19. The first-order chi connectivity index (χ1) is 13.7. The van der Waals surface area contributed by atoms with Crippen LogP contribution < -0.4 is 15.6 Å². The van der Waals surface area contributed by atoms with Crippen molar-refractivity contribution >= 4 is 22.8 Å². The van der Waals surface area contributed by atoms with Crippen molar-refractivity contribution in [2.45, 2.75) is 40.7 Å². The number of rotatable bonds is 5. The maximum absolute atomic E-state index is 12.5. The van der Waals surface area contributed by atoms with Gasteiger partial charge in [-0.25, -0.2) is 9.67 Å². The summed E-state index contributed by atoms with van der Waals surface area (Å²) in [5.41, 5.74) is 8.52. The fourth-order valence-corrected chi connectivity index (χ4v) is 3.07. The van der Waals surface area contributed by atoms with Crippen LogP contribution in [0.1, 0.15) is 47.1 Å². The summed E-state index contributed by atoms with van der Waals surface area (Å²) in [7, 11) is 0. The second kappa shape index (κ2) is 8.30. The summed E-state index contributed by atoms with van der Waals surface area (Å²) in [6.45, 7) is 9.48. The Morgan fingerprint density at radius 3 is 2.41 bits per heavy atom. The number of fused-ring (bicyclic) bond motifs is 1. The lowest BCUT2D eigenvalue weighted by molar-refractivity contribution is -0.123. The third kappa shape index (κ3) is 4.71. The van der Waals surface area contributed by atoms with E-state index in [1.807, 2.05) is 45.9 Å². The number of carbonyl (C=O) groups excluding carboxylic acids is 2. The minimum Gasteiger partial charge on any atom is -0.484 e. The van der Waals surface area contributed by atoms with Gasteiger partial charge in [-0.3, -0.25) is 20.4 Å². The molecule has 0 unspecified atom stereocenters. The van der Waals surface area contributed by atoms with Gasteiger partial charge >= 0.3 is 0 Å². The van der Waals surface area contributed by atoms with Crippen LogP contribution in [0.5, 0.6) is 5.75 Å². The Labute approximate surface area is 169 Å². The van der Waals surface area contributed by atoms with E-state index in [-0.39, 0.29) is 12.6 Å². The standard InChI is InChI=1S/C21H25N5O3/c1-12(2)26-20-16(10-22-26)9-18(15(5)23-20)21(28)25-24-19(27)11-29-17-7-13(3)6-14(4)8-17/h6-10,12H,11H2,1-5H3,(H,24,27)(H,25,28). The summed E-state index contributed by atoms with van der Waals surface area (Å²) in [6, 6.07) is 7.60. The number of hydrogen-bond donors (Lipinski definition) is 2. The normalized spacial score (nSPS) is 11.0. The average Bonchev–Trinajstić information content (AvgIpc) is 3.06. The van der Waals surface area contributed by atoms with Gasteiger partial charge in [-0.2, -0.15) is 5.10 Å². The van der Waals surface area contributed by atoms with Crippen molar-refractivity contribution in [2.24, 2.45) is 0 Å². The van der Waals surface area contributed by atoms with Crippen molar-refractivity contribution in [1.29, 1.82) is 0 Å². The quantitative estimate of drug-likeness (QED) is 0.648. The predicted molar refractivity (Wildman–Crippen MR) is 110 cm³/mol. The number of aryl methyl sites for hydroxylation is 3. The van der Waals surface area contributed by atoms with Gasteiger partial charge in [-0.05, 0) is 63.9 Å². The second-order valence-electron chi connectivity index (χ2n) is 7.33. The topological polar surface area (TPSA) is 98.1 Å². The molecule has 3 rings (SSSR count). The maximum atomic E-state index is 12.5. The summed E-state index contributed by atoms with van der Waals surface area (Å²) in [5, 5.41) is 5.08. The Kier molecular flexibility index (Phi) is 5.81. The van der Waals surface area contributed by atoms with Crippen molar-refractivity contribution in [3.63, 3.8) is 0 Å². The Morgan fingerprint density at radius 1 is 1.07 bits per heavy atom. The predicted octanol–water partition coefficient (Wildman–Crippen LogP) is 2.78. The molecule has 2 heterocycles. The molecule has 0 aliphatic rings. The van der Waals surface area contributed by atoms with Gasteiger partial charge in [-0.1, -0.05) is 6.07 Å². The lowest BCUT2D eigenvalue weighted by Gasteiger charge is -2.11. The molecule has 0 bridgehead atoms. The Bertz CT molecular complexity index is 1050. The lowest BCUT2D eigenvalue weighted by Crippen LogP contribution is -2.44. The van der Waals surface area contributed by atoms with Crippen LogP contribution in [0.25, 0.3) is 11.0 Å². The van der Waals surface area contributed by atoms with Gasteiger partial charge in [0.2, 0.25) is 0 Å². The zero-order valence-corrected chi connectivity index (χ0v) is 17.2. The average molecular weight is 395 g/mol. The van der Waals surface area contributed by atoms with Gasteiger partial charge < -0.3 is 4.74 Å². The number of nitrogens with one attached hydrogen (secondary N) is 2. The molecule has 2 amide bonds. The molecule has 1 aromatic carbocycles. The number of carbonyl (C=O) groups is 2. The molecular weight excluding hydrogens is 370 g/mol. The molecule has 0 aliphatic carbocycles. The van der Waals surface area contributed by atoms with Gasteiger partial charge in [0.25, 0.3) is 11.8 Å². The smallest absolute Gasteiger partial charge is 0.276 e. The Balaban J connectivity index is 1.61. The van der Waals surface area contributed by atoms with Gasteiger partial charge in [0, 0.05) is 11.4 Å². The maximum Gasteiger partial charge on any atom is 0.276 e. The molecule has 0 spiro atoms. The molecule has 8 heteroatoms. The molecule has 0 aliphatic heterocycles. The molecule has 0 radical (unpaired) electrons. The van der Waals surface area contributed by atoms with E-state index in [0.717, 1.165) is 22.2 Å². The van der Waals surface area contributed by atoms with Gasteiger partial charge in [0.05, 0.1) is 17.5 Å². The highest BCUT2D eigenvalue weighted by molar-refractivity contribution is 5.99. The van der Waals surface area contributed by atoms with E-state index in [2.05, 4.69) is 20.9 Å². The Hall–Kier alpha value is -3.42. The van der Waals surface area contributed by atoms with Gasteiger partial charge in [-0.15, -0.1) is 0 Å². The summed E-state index contributed by atoms with van der Waals surface area (Å²) in [4.78, 5) is 29.0. The summed E-state index contributed by atoms with van der Waals surface area (Å²) >= 11 is 0. The molecule has 0 saturated carbocycles. The van der Waals surface area contributed by atoms with Crippen LogP contribution in [-0.2, 0) is 4.79 Å².